The van der Waals surface area contributed by atoms with E-state index in [1.54, 1.807) is 39.3 Å². The largest absolute Gasteiger partial charge is 0.493 e. The molecule has 18 heavy (non-hydrogen) atoms. The van der Waals surface area contributed by atoms with Gasteiger partial charge in [0, 0.05) is 6.54 Å². The summed E-state index contributed by atoms with van der Waals surface area (Å²) in [6, 6.07) is 5.28. The molecular weight excluding hydrogens is 234 g/mol. The van der Waals surface area contributed by atoms with Crippen LogP contribution in [0.5, 0.6) is 11.5 Å². The van der Waals surface area contributed by atoms with Gasteiger partial charge in [-0.15, -0.1) is 0 Å². The fraction of sp³-hybridized carbons (Fsp3) is 0.462. The summed E-state index contributed by atoms with van der Waals surface area (Å²) in [4.78, 5) is 11.8. The number of hydrogen-bond acceptors (Lipinski definition) is 5. The summed E-state index contributed by atoms with van der Waals surface area (Å²) >= 11 is 0. The van der Waals surface area contributed by atoms with Gasteiger partial charge in [0.15, 0.2) is 11.5 Å². The van der Waals surface area contributed by atoms with Crippen LogP contribution in [0.1, 0.15) is 18.4 Å². The lowest BCUT2D eigenvalue weighted by Gasteiger charge is -2.16. The molecule has 5 heteroatoms. The average Bonchev–Trinajstić information content (AvgIpc) is 2.39. The van der Waals surface area contributed by atoms with Crippen molar-refractivity contribution in [2.75, 3.05) is 27.4 Å². The van der Waals surface area contributed by atoms with E-state index in [4.69, 9.17) is 19.9 Å². The van der Waals surface area contributed by atoms with Gasteiger partial charge in [-0.1, -0.05) is 6.07 Å². The third-order valence-corrected chi connectivity index (χ3v) is 2.62. The highest BCUT2D eigenvalue weighted by molar-refractivity contribution is 5.78. The van der Waals surface area contributed by atoms with Crippen LogP contribution in [0.15, 0.2) is 18.2 Å². The van der Waals surface area contributed by atoms with Gasteiger partial charge in [0.25, 0.3) is 0 Å². The average molecular weight is 253 g/mol. The Balaban J connectivity index is 3.03. The van der Waals surface area contributed by atoms with Crippen molar-refractivity contribution < 1.29 is 19.0 Å². The number of benzene rings is 1. The van der Waals surface area contributed by atoms with Gasteiger partial charge in [0.2, 0.25) is 0 Å². The highest BCUT2D eigenvalue weighted by atomic mass is 16.5. The van der Waals surface area contributed by atoms with E-state index >= 15 is 0 Å². The van der Waals surface area contributed by atoms with Crippen molar-refractivity contribution in [1.29, 1.82) is 0 Å². The highest BCUT2D eigenvalue weighted by Crippen LogP contribution is 2.30. The Morgan fingerprint density at radius 3 is 2.44 bits per heavy atom. The Hall–Kier alpha value is -1.75. The monoisotopic (exact) mass is 253 g/mol. The number of nitrogens with two attached hydrogens (primary N) is 1. The number of esters is 1. The summed E-state index contributed by atoms with van der Waals surface area (Å²) in [5.41, 5.74) is 6.38. The Labute approximate surface area is 107 Å². The first-order valence-electron chi connectivity index (χ1n) is 5.76. The van der Waals surface area contributed by atoms with Crippen LogP contribution < -0.4 is 15.2 Å². The molecule has 0 saturated heterocycles. The standard InChI is InChI=1S/C13H19NO4/c1-4-18-13(15)10(8-14)9-5-6-11(16-2)12(7-9)17-3/h5-7,10H,4,8,14H2,1-3H3/t10-/m0/s1. The van der Waals surface area contributed by atoms with Gasteiger partial charge in [0.05, 0.1) is 26.7 Å². The van der Waals surface area contributed by atoms with Crippen LogP contribution in [0, 0.1) is 0 Å². The molecule has 0 amide bonds. The van der Waals surface area contributed by atoms with Gasteiger partial charge in [-0.2, -0.15) is 0 Å². The van der Waals surface area contributed by atoms with Gasteiger partial charge >= 0.3 is 5.97 Å². The van der Waals surface area contributed by atoms with E-state index in [0.29, 0.717) is 18.1 Å². The number of carbonyl (C=O) groups excluding carboxylic acids is 1. The molecule has 1 atom stereocenters. The molecule has 1 aromatic carbocycles. The molecule has 0 fully saturated rings. The van der Waals surface area contributed by atoms with Crippen LogP contribution in [-0.4, -0.2) is 33.3 Å². The summed E-state index contributed by atoms with van der Waals surface area (Å²) in [6.07, 6.45) is 0. The van der Waals surface area contributed by atoms with Crippen molar-refractivity contribution in [2.24, 2.45) is 5.73 Å². The molecule has 1 aromatic rings. The summed E-state index contributed by atoms with van der Waals surface area (Å²) in [7, 11) is 3.10. The molecule has 0 unspecified atom stereocenters. The molecule has 0 saturated carbocycles. The van der Waals surface area contributed by atoms with Crippen LogP contribution in [0.2, 0.25) is 0 Å². The lowest BCUT2D eigenvalue weighted by molar-refractivity contribution is -0.144. The van der Waals surface area contributed by atoms with Gasteiger partial charge in [-0.05, 0) is 24.6 Å². The predicted octanol–water partition coefficient (Wildman–Crippen LogP) is 1.31. The second-order valence-electron chi connectivity index (χ2n) is 3.65. The van der Waals surface area contributed by atoms with Crippen LogP contribution in [-0.2, 0) is 9.53 Å². The molecule has 0 spiro atoms. The third kappa shape index (κ3) is 3.13. The van der Waals surface area contributed by atoms with Gasteiger partial charge in [-0.3, -0.25) is 4.79 Å². The van der Waals surface area contributed by atoms with E-state index in [1.807, 2.05) is 0 Å². The lowest BCUT2D eigenvalue weighted by atomic mass is 9.99. The van der Waals surface area contributed by atoms with Gasteiger partial charge in [-0.25, -0.2) is 0 Å². The topological polar surface area (TPSA) is 70.8 Å². The van der Waals surface area contributed by atoms with Crippen LogP contribution >= 0.6 is 0 Å². The fourth-order valence-electron chi connectivity index (χ4n) is 1.68. The van der Waals surface area contributed by atoms with Crippen LogP contribution in [0.3, 0.4) is 0 Å². The molecule has 5 nitrogen and oxygen atoms in total. The maximum atomic E-state index is 11.8. The summed E-state index contributed by atoms with van der Waals surface area (Å²) in [5.74, 6) is 0.371. The van der Waals surface area contributed by atoms with E-state index in [0.717, 1.165) is 5.56 Å². The molecule has 0 aliphatic carbocycles. The quantitative estimate of drug-likeness (QED) is 0.774. The molecule has 0 bridgehead atoms. The lowest BCUT2D eigenvalue weighted by Crippen LogP contribution is -2.23. The highest BCUT2D eigenvalue weighted by Gasteiger charge is 2.21. The van der Waals surface area contributed by atoms with Gasteiger partial charge < -0.3 is 19.9 Å². The minimum atomic E-state index is -0.482. The molecule has 0 heterocycles. The summed E-state index contributed by atoms with van der Waals surface area (Å²) in [6.45, 7) is 2.29. The predicted molar refractivity (Wildman–Crippen MR) is 68.0 cm³/mol. The number of ether oxygens (including phenoxy) is 3. The van der Waals surface area contributed by atoms with Crippen molar-refractivity contribution >= 4 is 5.97 Å². The Kier molecular flexibility index (Phi) is 5.45. The van der Waals surface area contributed by atoms with E-state index in [1.165, 1.54) is 0 Å². The maximum absolute atomic E-state index is 11.8. The molecule has 2 N–H and O–H groups in total. The zero-order valence-corrected chi connectivity index (χ0v) is 10.9. The Morgan fingerprint density at radius 1 is 1.28 bits per heavy atom. The zero-order chi connectivity index (χ0) is 13.5. The molecule has 1 rings (SSSR count). The summed E-state index contributed by atoms with van der Waals surface area (Å²) < 4.78 is 15.3. The zero-order valence-electron chi connectivity index (χ0n) is 10.9. The van der Waals surface area contributed by atoms with E-state index in [2.05, 4.69) is 0 Å². The first kappa shape index (κ1) is 14.3. The number of carbonyl (C=O) groups is 1. The van der Waals surface area contributed by atoms with Crippen molar-refractivity contribution in [3.05, 3.63) is 23.8 Å². The van der Waals surface area contributed by atoms with E-state index < -0.39 is 5.92 Å². The molecule has 0 aliphatic heterocycles. The molecule has 100 valence electrons. The number of methoxy groups -OCH3 is 2. The third-order valence-electron chi connectivity index (χ3n) is 2.62. The van der Waals surface area contributed by atoms with Gasteiger partial charge in [0.1, 0.15) is 0 Å². The van der Waals surface area contributed by atoms with Crippen molar-refractivity contribution in [3.63, 3.8) is 0 Å². The van der Waals surface area contributed by atoms with Crippen molar-refractivity contribution in [3.8, 4) is 11.5 Å². The Morgan fingerprint density at radius 2 is 1.94 bits per heavy atom. The van der Waals surface area contributed by atoms with Crippen LogP contribution in [0.25, 0.3) is 0 Å². The second kappa shape index (κ2) is 6.86. The Bertz CT molecular complexity index is 406. The molecular formula is C13H19NO4. The summed E-state index contributed by atoms with van der Waals surface area (Å²) in [5, 5.41) is 0. The molecule has 0 radical (unpaired) electrons. The first-order chi connectivity index (χ1) is 8.67. The first-order valence-corrected chi connectivity index (χ1v) is 5.76. The minimum absolute atomic E-state index is 0.189. The van der Waals surface area contributed by atoms with Crippen molar-refractivity contribution in [2.45, 2.75) is 12.8 Å². The fourth-order valence-corrected chi connectivity index (χ4v) is 1.68. The smallest absolute Gasteiger partial charge is 0.314 e. The molecule has 0 aromatic heterocycles. The minimum Gasteiger partial charge on any atom is -0.493 e. The second-order valence-corrected chi connectivity index (χ2v) is 3.65. The normalized spacial score (nSPS) is 11.8. The van der Waals surface area contributed by atoms with E-state index in [9.17, 15) is 4.79 Å². The van der Waals surface area contributed by atoms with Crippen LogP contribution in [0.4, 0.5) is 0 Å². The number of rotatable bonds is 6. The number of hydrogen-bond donors (Lipinski definition) is 1. The SMILES string of the molecule is CCOC(=O)[C@@H](CN)c1ccc(OC)c(OC)c1. The molecule has 0 aliphatic rings. The van der Waals surface area contributed by atoms with Crippen molar-refractivity contribution in [1.82, 2.24) is 0 Å². The maximum Gasteiger partial charge on any atom is 0.314 e. The van der Waals surface area contributed by atoms with E-state index in [-0.39, 0.29) is 12.5 Å².